The molecule has 96 valence electrons. The lowest BCUT2D eigenvalue weighted by atomic mass is 10.0. The van der Waals surface area contributed by atoms with Gasteiger partial charge in [-0.1, -0.05) is 6.08 Å². The van der Waals surface area contributed by atoms with Crippen LogP contribution >= 0.6 is 0 Å². The maximum absolute atomic E-state index is 5.97. The van der Waals surface area contributed by atoms with E-state index in [2.05, 4.69) is 29.1 Å². The third-order valence-electron chi connectivity index (χ3n) is 3.39. The summed E-state index contributed by atoms with van der Waals surface area (Å²) in [5.41, 5.74) is 2.41. The van der Waals surface area contributed by atoms with E-state index in [1.807, 2.05) is 6.07 Å². The minimum Gasteiger partial charge on any atom is -0.471 e. The fourth-order valence-corrected chi connectivity index (χ4v) is 2.37. The van der Waals surface area contributed by atoms with Crippen LogP contribution in [0, 0.1) is 0 Å². The third-order valence-corrected chi connectivity index (χ3v) is 3.39. The molecule has 2 aliphatic heterocycles. The van der Waals surface area contributed by atoms with Gasteiger partial charge in [0.05, 0.1) is 13.2 Å². The molecule has 1 saturated heterocycles. The summed E-state index contributed by atoms with van der Waals surface area (Å²) in [6.45, 7) is 3.44. The first-order valence-electron chi connectivity index (χ1n) is 6.40. The molecule has 0 amide bonds. The zero-order valence-electron chi connectivity index (χ0n) is 10.6. The molecule has 0 spiro atoms. The molecule has 0 aromatic carbocycles. The van der Waals surface area contributed by atoms with E-state index in [1.165, 1.54) is 5.57 Å². The van der Waals surface area contributed by atoms with Crippen LogP contribution in [-0.4, -0.2) is 49.3 Å². The number of pyridine rings is 1. The van der Waals surface area contributed by atoms with Crippen molar-refractivity contribution in [1.82, 2.24) is 9.88 Å². The van der Waals surface area contributed by atoms with Gasteiger partial charge in [0.15, 0.2) is 0 Å². The zero-order chi connectivity index (χ0) is 12.4. The summed E-state index contributed by atoms with van der Waals surface area (Å²) < 4.78 is 11.3. The largest absolute Gasteiger partial charge is 0.471 e. The highest BCUT2D eigenvalue weighted by atomic mass is 16.5. The zero-order valence-corrected chi connectivity index (χ0v) is 10.6. The van der Waals surface area contributed by atoms with Gasteiger partial charge in [-0.2, -0.15) is 0 Å². The molecular formula is C14H18N2O2. The van der Waals surface area contributed by atoms with Gasteiger partial charge in [0.2, 0.25) is 5.88 Å². The molecule has 0 unspecified atom stereocenters. The van der Waals surface area contributed by atoms with E-state index in [0.29, 0.717) is 6.61 Å². The van der Waals surface area contributed by atoms with Gasteiger partial charge in [0, 0.05) is 24.8 Å². The van der Waals surface area contributed by atoms with Crippen molar-refractivity contribution >= 4 is 5.57 Å². The fourth-order valence-electron chi connectivity index (χ4n) is 2.37. The topological polar surface area (TPSA) is 34.6 Å². The van der Waals surface area contributed by atoms with E-state index in [1.54, 1.807) is 6.20 Å². The van der Waals surface area contributed by atoms with E-state index < -0.39 is 0 Å². The van der Waals surface area contributed by atoms with Gasteiger partial charge in [0.25, 0.3) is 0 Å². The van der Waals surface area contributed by atoms with Crippen LogP contribution in [0.1, 0.15) is 12.0 Å². The van der Waals surface area contributed by atoms with E-state index in [4.69, 9.17) is 9.47 Å². The van der Waals surface area contributed by atoms with Crippen LogP contribution in [0.25, 0.3) is 5.57 Å². The van der Waals surface area contributed by atoms with Crippen molar-refractivity contribution < 1.29 is 9.47 Å². The molecule has 1 fully saturated rings. The molecule has 4 heteroatoms. The highest BCUT2D eigenvalue weighted by Crippen LogP contribution is 2.29. The number of nitrogens with zero attached hydrogens (tertiary/aromatic N) is 2. The second kappa shape index (κ2) is 5.08. The van der Waals surface area contributed by atoms with Crippen molar-refractivity contribution in [2.24, 2.45) is 0 Å². The summed E-state index contributed by atoms with van der Waals surface area (Å²) in [7, 11) is 2.10. The van der Waals surface area contributed by atoms with Crippen LogP contribution in [0.15, 0.2) is 24.4 Å². The van der Waals surface area contributed by atoms with Crippen molar-refractivity contribution in [2.45, 2.75) is 12.5 Å². The molecule has 0 radical (unpaired) electrons. The van der Waals surface area contributed by atoms with Crippen LogP contribution in [0.3, 0.4) is 0 Å². The van der Waals surface area contributed by atoms with Gasteiger partial charge in [0.1, 0.15) is 6.10 Å². The molecule has 0 aliphatic carbocycles. The molecule has 1 aromatic heterocycles. The molecule has 0 atom stereocenters. The minimum atomic E-state index is 0.282. The molecule has 3 rings (SSSR count). The maximum atomic E-state index is 5.97. The molecular weight excluding hydrogens is 228 g/mol. The number of ether oxygens (including phenoxy) is 2. The summed E-state index contributed by atoms with van der Waals surface area (Å²) in [6, 6.07) is 4.05. The molecule has 3 heterocycles. The van der Waals surface area contributed by atoms with Crippen LogP contribution in [-0.2, 0) is 4.74 Å². The first kappa shape index (κ1) is 11.7. The standard InChI is InChI=1S/C14H18N2O2/c1-16-9-12(10-16)18-14-13(3-2-6-15-14)11-4-7-17-8-5-11/h2-4,6,12H,5,7-10H2,1H3. The van der Waals surface area contributed by atoms with Gasteiger partial charge in [-0.25, -0.2) is 4.98 Å². The average Bonchev–Trinajstić information content (AvgIpc) is 2.39. The Morgan fingerprint density at radius 3 is 3.06 bits per heavy atom. The van der Waals surface area contributed by atoms with Crippen LogP contribution in [0.2, 0.25) is 0 Å². The number of aromatic nitrogens is 1. The Labute approximate surface area is 107 Å². The number of likely N-dealkylation sites (N-methyl/N-ethyl adjacent to an activating group) is 1. The van der Waals surface area contributed by atoms with Crippen molar-refractivity contribution in [1.29, 1.82) is 0 Å². The first-order chi connectivity index (χ1) is 8.83. The molecule has 1 aromatic rings. The number of hydrogen-bond acceptors (Lipinski definition) is 4. The lowest BCUT2D eigenvalue weighted by molar-refractivity contribution is 0.0353. The summed E-state index contributed by atoms with van der Waals surface area (Å²) in [4.78, 5) is 6.62. The van der Waals surface area contributed by atoms with Crippen LogP contribution in [0.5, 0.6) is 5.88 Å². The molecule has 0 N–H and O–H groups in total. The fraction of sp³-hybridized carbons (Fsp3) is 0.500. The number of hydrogen-bond donors (Lipinski definition) is 0. The predicted octanol–water partition coefficient (Wildman–Crippen LogP) is 1.58. The van der Waals surface area contributed by atoms with Crippen LogP contribution < -0.4 is 4.74 Å². The van der Waals surface area contributed by atoms with Crippen molar-refractivity contribution in [2.75, 3.05) is 33.4 Å². The quantitative estimate of drug-likeness (QED) is 0.811. The lowest BCUT2D eigenvalue weighted by Crippen LogP contribution is -2.51. The average molecular weight is 246 g/mol. The number of rotatable bonds is 3. The Kier molecular flexibility index (Phi) is 3.30. The summed E-state index contributed by atoms with van der Waals surface area (Å²) >= 11 is 0. The van der Waals surface area contributed by atoms with Gasteiger partial charge >= 0.3 is 0 Å². The van der Waals surface area contributed by atoms with Gasteiger partial charge in [-0.05, 0) is 31.2 Å². The van der Waals surface area contributed by atoms with Crippen LogP contribution in [0.4, 0.5) is 0 Å². The van der Waals surface area contributed by atoms with Gasteiger partial charge in [-0.15, -0.1) is 0 Å². The monoisotopic (exact) mass is 246 g/mol. The minimum absolute atomic E-state index is 0.282. The smallest absolute Gasteiger partial charge is 0.221 e. The Bertz CT molecular complexity index is 453. The molecule has 4 nitrogen and oxygen atoms in total. The maximum Gasteiger partial charge on any atom is 0.221 e. The van der Waals surface area contributed by atoms with Gasteiger partial charge < -0.3 is 9.47 Å². The van der Waals surface area contributed by atoms with Crippen molar-refractivity contribution in [3.8, 4) is 5.88 Å². The van der Waals surface area contributed by atoms with E-state index in [-0.39, 0.29) is 6.10 Å². The van der Waals surface area contributed by atoms with E-state index in [9.17, 15) is 0 Å². The van der Waals surface area contributed by atoms with E-state index in [0.717, 1.165) is 37.6 Å². The lowest BCUT2D eigenvalue weighted by Gasteiger charge is -2.36. The third kappa shape index (κ3) is 2.40. The Morgan fingerprint density at radius 2 is 2.33 bits per heavy atom. The van der Waals surface area contributed by atoms with Crippen molar-refractivity contribution in [3.05, 3.63) is 30.0 Å². The molecule has 0 bridgehead atoms. The van der Waals surface area contributed by atoms with E-state index >= 15 is 0 Å². The van der Waals surface area contributed by atoms with Gasteiger partial charge in [-0.3, -0.25) is 4.90 Å². The predicted molar refractivity (Wildman–Crippen MR) is 69.6 cm³/mol. The van der Waals surface area contributed by atoms with Crippen molar-refractivity contribution in [3.63, 3.8) is 0 Å². The Morgan fingerprint density at radius 1 is 1.44 bits per heavy atom. The summed E-state index contributed by atoms with van der Waals surface area (Å²) in [6.07, 6.45) is 5.14. The Balaban J connectivity index is 1.78. The molecule has 0 saturated carbocycles. The molecule has 2 aliphatic rings. The normalized spacial score (nSPS) is 21.3. The summed E-state index contributed by atoms with van der Waals surface area (Å²) in [5, 5.41) is 0. The number of likely N-dealkylation sites (tertiary alicyclic amines) is 1. The highest BCUT2D eigenvalue weighted by Gasteiger charge is 2.26. The highest BCUT2D eigenvalue weighted by molar-refractivity contribution is 5.69. The first-order valence-corrected chi connectivity index (χ1v) is 6.40. The Hall–Kier alpha value is -1.39. The molecule has 18 heavy (non-hydrogen) atoms. The SMILES string of the molecule is CN1CC(Oc2ncccc2C2=CCOCC2)C1. The second-order valence-corrected chi connectivity index (χ2v) is 4.87. The summed E-state index contributed by atoms with van der Waals surface area (Å²) in [5.74, 6) is 0.767. The second-order valence-electron chi connectivity index (χ2n) is 4.87.